The molecule has 3 spiro atoms. The molecule has 5 saturated carbocycles. The Bertz CT molecular complexity index is 859. The van der Waals surface area contributed by atoms with E-state index in [1.165, 1.54) is 0 Å². The zero-order valence-corrected chi connectivity index (χ0v) is 20.3. The molecule has 7 bridgehead atoms. The van der Waals surface area contributed by atoms with E-state index in [-0.39, 0.29) is 41.6 Å². The molecule has 0 amide bonds. The van der Waals surface area contributed by atoms with Gasteiger partial charge in [-0.05, 0) is 38.1 Å². The predicted octanol–water partition coefficient (Wildman–Crippen LogP) is 0.781. The number of likely N-dealkylation sites (tertiary alicyclic amines) is 1. The summed E-state index contributed by atoms with van der Waals surface area (Å²) in [6, 6.07) is 0.0737. The summed E-state index contributed by atoms with van der Waals surface area (Å²) < 4.78 is 31.6. The van der Waals surface area contributed by atoms with Gasteiger partial charge in [0.05, 0.1) is 31.0 Å². The second kappa shape index (κ2) is 6.51. The highest BCUT2D eigenvalue weighted by Gasteiger charge is 2.94. The van der Waals surface area contributed by atoms with E-state index in [4.69, 9.17) is 23.7 Å². The summed E-state index contributed by atoms with van der Waals surface area (Å²) in [5, 5.41) is 24.3. The van der Waals surface area contributed by atoms with Crippen LogP contribution >= 0.6 is 0 Å². The topological polar surface area (TPSA) is 89.9 Å². The van der Waals surface area contributed by atoms with Crippen LogP contribution in [0.15, 0.2) is 0 Å². The SMILES string of the molecule is CCN1CC2(COC)CCC(OC)C34C2CC2(OCOC25CC(O)C2CC3C5(O)C2OC)C14. The predicted molar refractivity (Wildman–Crippen MR) is 116 cm³/mol. The molecule has 33 heavy (non-hydrogen) atoms. The summed E-state index contributed by atoms with van der Waals surface area (Å²) in [7, 11) is 5.32. The molecule has 12 unspecified atom stereocenters. The van der Waals surface area contributed by atoms with Gasteiger partial charge in [-0.25, -0.2) is 0 Å². The Morgan fingerprint density at radius 1 is 1.09 bits per heavy atom. The lowest BCUT2D eigenvalue weighted by Gasteiger charge is -2.72. The van der Waals surface area contributed by atoms with E-state index < -0.39 is 29.0 Å². The quantitative estimate of drug-likeness (QED) is 0.616. The van der Waals surface area contributed by atoms with Gasteiger partial charge in [0.15, 0.2) is 0 Å². The van der Waals surface area contributed by atoms with Gasteiger partial charge >= 0.3 is 0 Å². The van der Waals surface area contributed by atoms with Crippen LogP contribution in [0.25, 0.3) is 0 Å². The lowest BCUT2D eigenvalue weighted by Crippen LogP contribution is -2.86. The molecule has 12 atom stereocenters. The number of ether oxygens (including phenoxy) is 5. The molecule has 7 aliphatic rings. The molecule has 2 saturated heterocycles. The van der Waals surface area contributed by atoms with Crippen molar-refractivity contribution in [2.24, 2.45) is 28.6 Å². The highest BCUT2D eigenvalue weighted by atomic mass is 16.7. The minimum atomic E-state index is -1.23. The summed E-state index contributed by atoms with van der Waals surface area (Å²) in [5.41, 5.74) is -3.23. The fraction of sp³-hybridized carbons (Fsp3) is 1.00. The molecule has 0 aromatic rings. The first-order valence-corrected chi connectivity index (χ1v) is 12.8. The molecule has 7 fully saturated rings. The maximum absolute atomic E-state index is 12.9. The van der Waals surface area contributed by atoms with E-state index in [1.54, 1.807) is 7.11 Å². The average Bonchev–Trinajstić information content (AvgIpc) is 3.36. The standard InChI is InChI=1S/C25H39NO7/c1-5-26-11-21(12-29-2)7-6-18(30-3)24-16-8-14-15(27)9-23(25(16,28)19(14)31-4)22(20(24)26,10-17(21)24)32-13-33-23/h14-20,27-28H,5-13H2,1-4H3. The van der Waals surface area contributed by atoms with Gasteiger partial charge in [-0.1, -0.05) is 6.92 Å². The minimum absolute atomic E-state index is 0.0106. The molecule has 8 nitrogen and oxygen atoms in total. The van der Waals surface area contributed by atoms with Gasteiger partial charge in [0.1, 0.15) is 23.6 Å². The first kappa shape index (κ1) is 21.9. The van der Waals surface area contributed by atoms with Crippen LogP contribution in [0.5, 0.6) is 0 Å². The number of methoxy groups -OCH3 is 3. The second-order valence-corrected chi connectivity index (χ2v) is 12.1. The minimum Gasteiger partial charge on any atom is -0.393 e. The number of aliphatic hydroxyl groups excluding tert-OH is 1. The molecule has 7 rings (SSSR count). The third-order valence-electron chi connectivity index (χ3n) is 11.9. The Morgan fingerprint density at radius 2 is 1.91 bits per heavy atom. The van der Waals surface area contributed by atoms with Crippen molar-refractivity contribution in [1.29, 1.82) is 0 Å². The smallest absolute Gasteiger partial charge is 0.148 e. The number of fused-ring (bicyclic) bond motifs is 1. The summed E-state index contributed by atoms with van der Waals surface area (Å²) in [6.07, 6.45) is 2.88. The number of hydrogen-bond acceptors (Lipinski definition) is 8. The number of piperidine rings is 1. The van der Waals surface area contributed by atoms with E-state index in [9.17, 15) is 10.2 Å². The number of likely N-dealkylation sites (N-methyl/N-ethyl adjacent to an activating group) is 1. The van der Waals surface area contributed by atoms with Crippen LogP contribution in [-0.4, -0.2) is 104 Å². The molecule has 186 valence electrons. The Hall–Kier alpha value is -0.320. The molecule has 2 aliphatic heterocycles. The average molecular weight is 466 g/mol. The number of nitrogens with zero attached hydrogens (tertiary/aromatic N) is 1. The largest absolute Gasteiger partial charge is 0.393 e. The summed E-state index contributed by atoms with van der Waals surface area (Å²) >= 11 is 0. The van der Waals surface area contributed by atoms with Crippen molar-refractivity contribution in [2.75, 3.05) is 47.8 Å². The molecule has 0 aromatic carbocycles. The van der Waals surface area contributed by atoms with E-state index in [1.807, 2.05) is 14.2 Å². The molecule has 2 N–H and O–H groups in total. The van der Waals surface area contributed by atoms with Crippen molar-refractivity contribution >= 4 is 0 Å². The maximum atomic E-state index is 12.9. The van der Waals surface area contributed by atoms with Crippen LogP contribution in [0, 0.1) is 28.6 Å². The Labute approximate surface area is 195 Å². The van der Waals surface area contributed by atoms with Crippen LogP contribution in [0.2, 0.25) is 0 Å². The van der Waals surface area contributed by atoms with Gasteiger partial charge in [-0.15, -0.1) is 0 Å². The molecule has 2 heterocycles. The van der Waals surface area contributed by atoms with Crippen LogP contribution < -0.4 is 0 Å². The van der Waals surface area contributed by atoms with Crippen LogP contribution in [0.3, 0.4) is 0 Å². The lowest BCUT2D eigenvalue weighted by atomic mass is 9.41. The second-order valence-electron chi connectivity index (χ2n) is 12.1. The van der Waals surface area contributed by atoms with E-state index in [2.05, 4.69) is 11.8 Å². The monoisotopic (exact) mass is 465 g/mol. The third-order valence-corrected chi connectivity index (χ3v) is 11.9. The number of aliphatic hydroxyl groups is 2. The maximum Gasteiger partial charge on any atom is 0.148 e. The highest BCUT2D eigenvalue weighted by molar-refractivity contribution is 5.44. The molecular weight excluding hydrogens is 426 g/mol. The zero-order chi connectivity index (χ0) is 23.0. The van der Waals surface area contributed by atoms with Gasteiger partial charge in [-0.2, -0.15) is 0 Å². The summed E-state index contributed by atoms with van der Waals surface area (Å²) in [6.45, 7) is 4.94. The summed E-state index contributed by atoms with van der Waals surface area (Å²) in [4.78, 5) is 2.60. The fourth-order valence-corrected chi connectivity index (χ4v) is 11.5. The van der Waals surface area contributed by atoms with Gasteiger partial charge in [-0.3, -0.25) is 4.90 Å². The lowest BCUT2D eigenvalue weighted by molar-refractivity contribution is -0.341. The molecule has 8 heteroatoms. The first-order valence-electron chi connectivity index (χ1n) is 12.8. The Morgan fingerprint density at radius 3 is 2.61 bits per heavy atom. The Kier molecular flexibility index (Phi) is 4.32. The van der Waals surface area contributed by atoms with Crippen molar-refractivity contribution in [1.82, 2.24) is 4.90 Å². The Balaban J connectivity index is 1.56. The fourth-order valence-electron chi connectivity index (χ4n) is 11.5. The van der Waals surface area contributed by atoms with Gasteiger partial charge in [0.25, 0.3) is 0 Å². The van der Waals surface area contributed by atoms with Crippen LogP contribution in [0.4, 0.5) is 0 Å². The normalized spacial score (nSPS) is 62.5. The highest BCUT2D eigenvalue weighted by Crippen LogP contribution is 2.83. The summed E-state index contributed by atoms with van der Waals surface area (Å²) in [5.74, 6) is 0.0842. The van der Waals surface area contributed by atoms with Crippen molar-refractivity contribution in [3.05, 3.63) is 0 Å². The van der Waals surface area contributed by atoms with E-state index in [0.717, 1.165) is 38.8 Å². The molecule has 0 aromatic heterocycles. The number of hydrogen-bond donors (Lipinski definition) is 2. The molecule has 5 aliphatic carbocycles. The van der Waals surface area contributed by atoms with Crippen LogP contribution in [0.1, 0.15) is 39.0 Å². The first-order chi connectivity index (χ1) is 15.9. The van der Waals surface area contributed by atoms with Gasteiger partial charge < -0.3 is 33.9 Å². The van der Waals surface area contributed by atoms with Crippen LogP contribution in [-0.2, 0) is 23.7 Å². The van der Waals surface area contributed by atoms with Crippen molar-refractivity contribution in [2.45, 2.75) is 80.2 Å². The van der Waals surface area contributed by atoms with Crippen molar-refractivity contribution < 1.29 is 33.9 Å². The van der Waals surface area contributed by atoms with Gasteiger partial charge in [0, 0.05) is 57.0 Å². The van der Waals surface area contributed by atoms with Crippen molar-refractivity contribution in [3.8, 4) is 0 Å². The molecule has 0 radical (unpaired) electrons. The van der Waals surface area contributed by atoms with E-state index >= 15 is 0 Å². The molecular formula is C25H39NO7. The van der Waals surface area contributed by atoms with Crippen molar-refractivity contribution in [3.63, 3.8) is 0 Å². The van der Waals surface area contributed by atoms with Gasteiger partial charge in [0.2, 0.25) is 0 Å². The number of rotatable bonds is 5. The zero-order valence-electron chi connectivity index (χ0n) is 20.3. The third kappa shape index (κ3) is 1.92. The van der Waals surface area contributed by atoms with E-state index in [0.29, 0.717) is 18.9 Å².